The first-order valence-corrected chi connectivity index (χ1v) is 10.2. The number of nitrogens with one attached hydrogen (secondary N) is 1. The second-order valence-electron chi connectivity index (χ2n) is 7.42. The number of anilines is 1. The molecular formula is C26H20N4O2. The maximum Gasteiger partial charge on any atom is 0.337 e. The molecule has 6 heteroatoms. The Morgan fingerprint density at radius 3 is 2.53 bits per heavy atom. The van der Waals surface area contributed by atoms with Gasteiger partial charge in [0.2, 0.25) is 0 Å². The molecule has 0 saturated heterocycles. The molecule has 0 unspecified atom stereocenters. The maximum absolute atomic E-state index is 11.6. The zero-order valence-corrected chi connectivity index (χ0v) is 17.1. The van der Waals surface area contributed by atoms with E-state index in [0.29, 0.717) is 12.2 Å². The second-order valence-corrected chi connectivity index (χ2v) is 7.42. The van der Waals surface area contributed by atoms with Crippen molar-refractivity contribution in [2.75, 3.05) is 5.32 Å². The summed E-state index contributed by atoms with van der Waals surface area (Å²) >= 11 is 0. The minimum absolute atomic E-state index is 0.183. The van der Waals surface area contributed by atoms with Crippen LogP contribution < -0.4 is 5.32 Å². The molecule has 0 spiro atoms. The maximum atomic E-state index is 11.6. The van der Waals surface area contributed by atoms with Gasteiger partial charge in [0.15, 0.2) is 0 Å². The summed E-state index contributed by atoms with van der Waals surface area (Å²) in [6.45, 7) is 0.404. The van der Waals surface area contributed by atoms with Crippen LogP contribution in [0.1, 0.15) is 15.9 Å². The molecule has 0 aliphatic carbocycles. The molecule has 6 nitrogen and oxygen atoms in total. The fourth-order valence-electron chi connectivity index (χ4n) is 3.74. The van der Waals surface area contributed by atoms with Crippen LogP contribution in [0.5, 0.6) is 0 Å². The van der Waals surface area contributed by atoms with E-state index in [1.165, 1.54) is 23.8 Å². The Balaban J connectivity index is 1.56. The van der Waals surface area contributed by atoms with E-state index in [2.05, 4.69) is 40.6 Å². The number of para-hydroxylation sites is 1. The number of pyridine rings is 1. The molecule has 0 saturated carbocycles. The van der Waals surface area contributed by atoms with Crippen molar-refractivity contribution < 1.29 is 9.90 Å². The van der Waals surface area contributed by atoms with Gasteiger partial charge in [-0.2, -0.15) is 5.10 Å². The van der Waals surface area contributed by atoms with Crippen molar-refractivity contribution in [1.82, 2.24) is 14.8 Å². The number of carboxylic acid groups (broad SMARTS) is 1. The van der Waals surface area contributed by atoms with Gasteiger partial charge in [-0.25, -0.2) is 9.48 Å². The lowest BCUT2D eigenvalue weighted by Gasteiger charge is -2.09. The molecule has 0 fully saturated rings. The Kier molecular flexibility index (Phi) is 5.09. The molecule has 5 aromatic rings. The summed E-state index contributed by atoms with van der Waals surface area (Å²) in [6, 6.07) is 25.9. The van der Waals surface area contributed by atoms with E-state index in [-0.39, 0.29) is 5.56 Å². The summed E-state index contributed by atoms with van der Waals surface area (Å²) < 4.78 is 1.85. The molecule has 0 atom stereocenters. The Bertz CT molecular complexity index is 1410. The number of hydrogen-bond donors (Lipinski definition) is 2. The molecule has 156 valence electrons. The van der Waals surface area contributed by atoms with Gasteiger partial charge < -0.3 is 10.4 Å². The quantitative estimate of drug-likeness (QED) is 0.385. The largest absolute Gasteiger partial charge is 0.478 e. The van der Waals surface area contributed by atoms with Crippen molar-refractivity contribution in [1.29, 1.82) is 0 Å². The summed E-state index contributed by atoms with van der Waals surface area (Å²) in [5.74, 6) is -0.996. The number of benzene rings is 3. The van der Waals surface area contributed by atoms with E-state index in [0.717, 1.165) is 27.9 Å². The fourth-order valence-corrected chi connectivity index (χ4v) is 3.74. The van der Waals surface area contributed by atoms with Crippen LogP contribution in [0, 0.1) is 0 Å². The summed E-state index contributed by atoms with van der Waals surface area (Å²) in [5.41, 5.74) is 4.39. The molecule has 0 amide bonds. The number of aromatic nitrogens is 3. The normalized spacial score (nSPS) is 10.9. The fraction of sp³-hybridized carbons (Fsp3) is 0.0385. The number of rotatable bonds is 6. The van der Waals surface area contributed by atoms with E-state index < -0.39 is 5.97 Å². The number of carbonyl (C=O) groups is 1. The minimum Gasteiger partial charge on any atom is -0.478 e. The predicted octanol–water partition coefficient (Wildman–Crippen LogP) is 5.40. The molecule has 5 rings (SSSR count). The van der Waals surface area contributed by atoms with Crippen LogP contribution in [-0.4, -0.2) is 25.8 Å². The number of aromatic carboxylic acids is 1. The Morgan fingerprint density at radius 1 is 0.938 bits per heavy atom. The van der Waals surface area contributed by atoms with Crippen LogP contribution in [0.4, 0.5) is 5.69 Å². The molecule has 2 N–H and O–H groups in total. The highest BCUT2D eigenvalue weighted by atomic mass is 16.4. The zero-order chi connectivity index (χ0) is 21.9. The summed E-state index contributed by atoms with van der Waals surface area (Å²) in [5, 5.41) is 19.9. The SMILES string of the molecule is O=C(O)c1ccncc1NCc1cn(-c2ccccc2)nc1-c1ccc2ccccc2c1. The van der Waals surface area contributed by atoms with E-state index >= 15 is 0 Å². The van der Waals surface area contributed by atoms with Gasteiger partial charge in [-0.1, -0.05) is 54.6 Å². The standard InChI is InChI=1S/C26H20N4O2/c31-26(32)23-12-13-27-16-24(23)28-15-21-17-30(22-8-2-1-3-9-22)29-25(21)20-11-10-18-6-4-5-7-19(18)14-20/h1-14,16-17,28H,15H2,(H,31,32). The van der Waals surface area contributed by atoms with Crippen molar-refractivity contribution in [2.24, 2.45) is 0 Å². The number of fused-ring (bicyclic) bond motifs is 1. The summed E-state index contributed by atoms with van der Waals surface area (Å²) in [6.07, 6.45) is 4.98. The molecule has 32 heavy (non-hydrogen) atoms. The molecule has 2 aromatic heterocycles. The molecule has 0 radical (unpaired) electrons. The lowest BCUT2D eigenvalue weighted by molar-refractivity contribution is 0.0698. The summed E-state index contributed by atoms with van der Waals surface area (Å²) in [4.78, 5) is 15.6. The van der Waals surface area contributed by atoms with Crippen LogP contribution in [0.15, 0.2) is 97.5 Å². The molecule has 2 heterocycles. The average molecular weight is 420 g/mol. The third-order valence-electron chi connectivity index (χ3n) is 5.35. The third-order valence-corrected chi connectivity index (χ3v) is 5.35. The van der Waals surface area contributed by atoms with Crippen LogP contribution in [-0.2, 0) is 6.54 Å². The smallest absolute Gasteiger partial charge is 0.337 e. The van der Waals surface area contributed by atoms with E-state index in [9.17, 15) is 9.90 Å². The predicted molar refractivity (Wildman–Crippen MR) is 125 cm³/mol. The van der Waals surface area contributed by atoms with Gasteiger partial charge in [0.05, 0.1) is 28.8 Å². The average Bonchev–Trinajstić information content (AvgIpc) is 3.27. The van der Waals surface area contributed by atoms with Gasteiger partial charge in [-0.3, -0.25) is 4.98 Å². The molecule has 3 aromatic carbocycles. The van der Waals surface area contributed by atoms with Gasteiger partial charge in [-0.15, -0.1) is 0 Å². The first-order chi connectivity index (χ1) is 15.7. The molecule has 0 bridgehead atoms. The van der Waals surface area contributed by atoms with Gasteiger partial charge in [-0.05, 0) is 35.0 Å². The first kappa shape index (κ1) is 19.5. The Labute approximate surface area is 184 Å². The van der Waals surface area contributed by atoms with E-state index in [4.69, 9.17) is 5.10 Å². The highest BCUT2D eigenvalue weighted by Gasteiger charge is 2.15. The molecule has 0 aliphatic heterocycles. The van der Waals surface area contributed by atoms with Crippen molar-refractivity contribution in [3.63, 3.8) is 0 Å². The summed E-state index contributed by atoms with van der Waals surface area (Å²) in [7, 11) is 0. The van der Waals surface area contributed by atoms with Crippen molar-refractivity contribution in [3.8, 4) is 16.9 Å². The van der Waals surface area contributed by atoms with Crippen LogP contribution >= 0.6 is 0 Å². The highest BCUT2D eigenvalue weighted by molar-refractivity contribution is 5.94. The van der Waals surface area contributed by atoms with Crippen LogP contribution in [0.3, 0.4) is 0 Å². The Hall–Kier alpha value is -4.45. The number of nitrogens with zero attached hydrogens (tertiary/aromatic N) is 3. The van der Waals surface area contributed by atoms with E-state index in [1.807, 2.05) is 53.3 Å². The highest BCUT2D eigenvalue weighted by Crippen LogP contribution is 2.28. The topological polar surface area (TPSA) is 80.0 Å². The molecule has 0 aliphatic rings. The lowest BCUT2D eigenvalue weighted by Crippen LogP contribution is -2.07. The second kappa shape index (κ2) is 8.35. The lowest BCUT2D eigenvalue weighted by atomic mass is 10.0. The first-order valence-electron chi connectivity index (χ1n) is 10.2. The zero-order valence-electron chi connectivity index (χ0n) is 17.1. The van der Waals surface area contributed by atoms with Gasteiger partial charge in [0, 0.05) is 30.1 Å². The number of hydrogen-bond acceptors (Lipinski definition) is 4. The van der Waals surface area contributed by atoms with Crippen molar-refractivity contribution in [3.05, 3.63) is 109 Å². The Morgan fingerprint density at radius 2 is 1.72 bits per heavy atom. The third kappa shape index (κ3) is 3.81. The van der Waals surface area contributed by atoms with Crippen LogP contribution in [0.25, 0.3) is 27.7 Å². The molecular weight excluding hydrogens is 400 g/mol. The van der Waals surface area contributed by atoms with Gasteiger partial charge >= 0.3 is 5.97 Å². The van der Waals surface area contributed by atoms with Gasteiger partial charge in [0.1, 0.15) is 0 Å². The number of carboxylic acids is 1. The monoisotopic (exact) mass is 420 g/mol. The van der Waals surface area contributed by atoms with Crippen molar-refractivity contribution >= 4 is 22.4 Å². The van der Waals surface area contributed by atoms with Gasteiger partial charge in [0.25, 0.3) is 0 Å². The minimum atomic E-state index is -0.996. The van der Waals surface area contributed by atoms with Crippen LogP contribution in [0.2, 0.25) is 0 Å². The van der Waals surface area contributed by atoms with Crippen molar-refractivity contribution in [2.45, 2.75) is 6.54 Å². The van der Waals surface area contributed by atoms with E-state index in [1.54, 1.807) is 0 Å².